The van der Waals surface area contributed by atoms with Crippen LogP contribution in [0.2, 0.25) is 0 Å². The predicted octanol–water partition coefficient (Wildman–Crippen LogP) is 4.39. The molecule has 0 saturated carbocycles. The van der Waals surface area contributed by atoms with Crippen LogP contribution in [0.1, 0.15) is 60.6 Å². The van der Waals surface area contributed by atoms with Crippen LogP contribution in [0, 0.1) is 5.92 Å². The van der Waals surface area contributed by atoms with Gasteiger partial charge in [-0.15, -0.1) is 0 Å². The lowest BCUT2D eigenvalue weighted by Crippen LogP contribution is -2.32. The number of aliphatic hydroxyl groups excluding tert-OH is 1. The molecule has 1 atom stereocenters. The fourth-order valence-corrected chi connectivity index (χ4v) is 5.77. The maximum Gasteiger partial charge on any atom is 0.340 e. The van der Waals surface area contributed by atoms with Crippen LogP contribution in [0.25, 0.3) is 33.1 Å². The number of rotatable bonds is 6. The Kier molecular flexibility index (Phi) is 5.68. The molecule has 0 fully saturated rings. The quantitative estimate of drug-likeness (QED) is 0.162. The molecule has 7 heteroatoms. The number of aliphatic hydroxyl groups is 1. The van der Waals surface area contributed by atoms with E-state index in [1.807, 2.05) is 6.07 Å². The van der Waals surface area contributed by atoms with E-state index in [2.05, 4.69) is 38.1 Å². The molecule has 0 aliphatic carbocycles. The summed E-state index contributed by atoms with van der Waals surface area (Å²) in [5.74, 6) is -0.361. The van der Waals surface area contributed by atoms with Crippen molar-refractivity contribution in [2.45, 2.75) is 58.8 Å². The van der Waals surface area contributed by atoms with E-state index in [1.54, 1.807) is 10.6 Å². The van der Waals surface area contributed by atoms with Gasteiger partial charge in [-0.05, 0) is 59.2 Å². The van der Waals surface area contributed by atoms with E-state index in [1.165, 1.54) is 11.1 Å². The first-order valence-electron chi connectivity index (χ1n) is 12.8. The first-order valence-corrected chi connectivity index (χ1v) is 12.8. The van der Waals surface area contributed by atoms with E-state index < -0.39 is 12.1 Å². The highest BCUT2D eigenvalue weighted by Crippen LogP contribution is 2.40. The number of hydrogen-bond donors (Lipinski definition) is 1. The molecule has 0 amide bonds. The second kappa shape index (κ2) is 8.92. The van der Waals surface area contributed by atoms with Gasteiger partial charge in [0.2, 0.25) is 0 Å². The summed E-state index contributed by atoms with van der Waals surface area (Å²) in [7, 11) is 0. The highest BCUT2D eigenvalue weighted by atomic mass is 16.5. The van der Waals surface area contributed by atoms with Crippen molar-refractivity contribution in [2.24, 2.45) is 5.92 Å². The van der Waals surface area contributed by atoms with Crippen LogP contribution in [0.3, 0.4) is 0 Å². The van der Waals surface area contributed by atoms with Gasteiger partial charge in [0.1, 0.15) is 12.9 Å². The second-order valence-electron chi connectivity index (χ2n) is 10.5. The highest BCUT2D eigenvalue weighted by Gasteiger charge is 2.34. The minimum Gasteiger partial charge on any atom is -0.458 e. The zero-order valence-electron chi connectivity index (χ0n) is 20.9. The minimum atomic E-state index is -1.47. The Bertz CT molecular complexity index is 1670. The second-order valence-corrected chi connectivity index (χ2v) is 10.5. The Hall–Kier alpha value is -3.84. The molecule has 0 spiro atoms. The van der Waals surface area contributed by atoms with Gasteiger partial charge in [0.15, 0.2) is 6.10 Å². The lowest BCUT2D eigenvalue weighted by Gasteiger charge is -2.21. The molecule has 0 bridgehead atoms. The van der Waals surface area contributed by atoms with E-state index in [0.717, 1.165) is 58.5 Å². The molecule has 2 aromatic carbocycles. The molecular weight excluding hydrogens is 468 g/mol. The van der Waals surface area contributed by atoms with E-state index in [4.69, 9.17) is 9.72 Å². The predicted molar refractivity (Wildman–Crippen MR) is 140 cm³/mol. The number of esters is 1. The molecule has 1 unspecified atom stereocenters. The average molecular weight is 497 g/mol. The monoisotopic (exact) mass is 496 g/mol. The Morgan fingerprint density at radius 3 is 2.76 bits per heavy atom. The van der Waals surface area contributed by atoms with Gasteiger partial charge in [0.05, 0.1) is 29.0 Å². The Morgan fingerprint density at radius 1 is 1.16 bits per heavy atom. The van der Waals surface area contributed by atoms with E-state index in [0.29, 0.717) is 35.7 Å². The molecule has 188 valence electrons. The summed E-state index contributed by atoms with van der Waals surface area (Å²) in [5.41, 5.74) is 5.97. The summed E-state index contributed by atoms with van der Waals surface area (Å²) in [6, 6.07) is 12.3. The number of carbonyl (C=O) groups excluding carboxylic acids is 2. The van der Waals surface area contributed by atoms with E-state index in [-0.39, 0.29) is 12.2 Å². The third-order valence-corrected chi connectivity index (χ3v) is 7.52. The largest absolute Gasteiger partial charge is 0.458 e. The van der Waals surface area contributed by atoms with Gasteiger partial charge in [-0.25, -0.2) is 9.78 Å². The number of pyridine rings is 2. The van der Waals surface area contributed by atoms with Crippen LogP contribution in [0.5, 0.6) is 0 Å². The van der Waals surface area contributed by atoms with Gasteiger partial charge in [-0.2, -0.15) is 0 Å². The van der Waals surface area contributed by atoms with Crippen molar-refractivity contribution in [3.63, 3.8) is 0 Å². The number of nitrogens with zero attached hydrogens (tertiary/aromatic N) is 2. The molecule has 2 aliphatic rings. The number of ether oxygens (including phenoxy) is 1. The molecule has 2 aromatic heterocycles. The molecule has 4 aromatic rings. The van der Waals surface area contributed by atoms with Crippen molar-refractivity contribution in [2.75, 3.05) is 0 Å². The van der Waals surface area contributed by atoms with Gasteiger partial charge >= 0.3 is 5.97 Å². The summed E-state index contributed by atoms with van der Waals surface area (Å²) in [6.45, 7) is 4.62. The number of aryl methyl sites for hydroxylation is 1. The highest BCUT2D eigenvalue weighted by molar-refractivity contribution is 6.09. The zero-order valence-corrected chi connectivity index (χ0v) is 20.9. The van der Waals surface area contributed by atoms with Gasteiger partial charge in [0, 0.05) is 22.9 Å². The Morgan fingerprint density at radius 2 is 1.97 bits per heavy atom. The molecule has 7 nitrogen and oxygen atoms in total. The summed E-state index contributed by atoms with van der Waals surface area (Å²) < 4.78 is 6.72. The molecule has 1 N–H and O–H groups in total. The topological polar surface area (TPSA) is 98.5 Å². The van der Waals surface area contributed by atoms with Crippen LogP contribution in [-0.2, 0) is 40.3 Å². The maximum absolute atomic E-state index is 13.4. The molecule has 37 heavy (non-hydrogen) atoms. The van der Waals surface area contributed by atoms with Crippen molar-refractivity contribution in [1.29, 1.82) is 0 Å². The van der Waals surface area contributed by atoms with E-state index in [9.17, 15) is 19.5 Å². The Labute approximate surface area is 213 Å². The summed E-state index contributed by atoms with van der Waals surface area (Å²) >= 11 is 0. The lowest BCUT2D eigenvalue weighted by molar-refractivity contribution is -0.157. The number of aromatic nitrogens is 2. The molecular formula is C30H28N2O5. The van der Waals surface area contributed by atoms with Crippen LogP contribution < -0.4 is 5.56 Å². The van der Waals surface area contributed by atoms with Crippen molar-refractivity contribution < 1.29 is 19.4 Å². The number of aldehydes is 1. The molecule has 4 heterocycles. The summed E-state index contributed by atoms with van der Waals surface area (Å²) in [6.07, 6.45) is 2.50. The minimum absolute atomic E-state index is 0.132. The zero-order chi connectivity index (χ0) is 25.8. The average Bonchev–Trinajstić information content (AvgIpc) is 3.25. The first kappa shape index (κ1) is 23.6. The number of hydrogen-bond acceptors (Lipinski definition) is 6. The molecule has 2 aliphatic heterocycles. The third-order valence-electron chi connectivity index (χ3n) is 7.52. The van der Waals surface area contributed by atoms with Crippen molar-refractivity contribution in [3.05, 3.63) is 74.6 Å². The molecule has 0 radical (unpaired) electrons. The van der Waals surface area contributed by atoms with Crippen LogP contribution >= 0.6 is 0 Å². The van der Waals surface area contributed by atoms with Crippen LogP contribution in [0.15, 0.2) is 41.2 Å². The van der Waals surface area contributed by atoms with Gasteiger partial charge in [-0.3, -0.25) is 4.79 Å². The van der Waals surface area contributed by atoms with Gasteiger partial charge in [-0.1, -0.05) is 38.1 Å². The summed E-state index contributed by atoms with van der Waals surface area (Å²) in [5, 5.41) is 13.8. The standard InChI is InChI=1S/C30H28N2O5/c1-16(2)11-20-22-14-32-25(13-21-23(29(32)35)15-37-30(36)28(21)34)27(22)31-24-9-8-18-7-6-17(5-3-4-10-33)12-19(18)26(20)24/h6-10,12-13,16,28,34H,3-5,11,14-15H2,1-2H3. The number of benzene rings is 2. The number of cyclic esters (lactones) is 1. The normalized spacial score (nSPS) is 16.1. The SMILES string of the molecule is CC(C)Cc1c2c(nc3ccc4ccc(CCCC=O)cc4c13)-c1cc3c(c(=O)n1C2)COC(=O)C3O. The third kappa shape index (κ3) is 3.76. The van der Waals surface area contributed by atoms with Crippen molar-refractivity contribution >= 4 is 33.9 Å². The molecule has 0 saturated heterocycles. The maximum atomic E-state index is 13.4. The number of fused-ring (bicyclic) bond motifs is 7. The van der Waals surface area contributed by atoms with Gasteiger partial charge < -0.3 is 19.2 Å². The Balaban J connectivity index is 1.60. The van der Waals surface area contributed by atoms with Gasteiger partial charge in [0.25, 0.3) is 5.56 Å². The first-order chi connectivity index (χ1) is 17.9. The van der Waals surface area contributed by atoms with Crippen molar-refractivity contribution in [3.8, 4) is 11.4 Å². The lowest BCUT2D eigenvalue weighted by atomic mass is 9.90. The molecule has 6 rings (SSSR count). The fourth-order valence-electron chi connectivity index (χ4n) is 5.77. The smallest absolute Gasteiger partial charge is 0.340 e. The number of carbonyl (C=O) groups is 2. The summed E-state index contributed by atoms with van der Waals surface area (Å²) in [4.78, 5) is 41.3. The number of unbranched alkanes of at least 4 members (excludes halogenated alkanes) is 1. The van der Waals surface area contributed by atoms with Crippen molar-refractivity contribution in [1.82, 2.24) is 9.55 Å². The van der Waals surface area contributed by atoms with Crippen LogP contribution in [0.4, 0.5) is 0 Å². The van der Waals surface area contributed by atoms with E-state index >= 15 is 0 Å². The van der Waals surface area contributed by atoms with Crippen LogP contribution in [-0.4, -0.2) is 26.9 Å². The fraction of sp³-hybridized carbons (Fsp3) is 0.333.